The molecule has 1 aromatic rings. The van der Waals surface area contributed by atoms with Crippen LogP contribution in [0.15, 0.2) is 34.5 Å². The number of ether oxygens (including phenoxy) is 1. The molecule has 6 heteroatoms. The molecule has 5 nitrogen and oxygen atoms in total. The molecule has 2 N–H and O–H groups in total. The van der Waals surface area contributed by atoms with E-state index in [2.05, 4.69) is 10.2 Å². The van der Waals surface area contributed by atoms with Crippen molar-refractivity contribution in [2.75, 3.05) is 6.26 Å². The van der Waals surface area contributed by atoms with Crippen molar-refractivity contribution < 1.29 is 9.53 Å². The Bertz CT molecular complexity index is 441. The van der Waals surface area contributed by atoms with Gasteiger partial charge in [0.15, 0.2) is 5.17 Å². The lowest BCUT2D eigenvalue weighted by molar-refractivity contribution is -0.131. The Hall–Kier alpha value is -1.82. The summed E-state index contributed by atoms with van der Waals surface area (Å²) in [6, 6.07) is 6.91. The number of nitrogens with zero attached hydrogens (tertiary/aromatic N) is 2. The van der Waals surface area contributed by atoms with E-state index in [0.717, 1.165) is 5.56 Å². The number of hydrogen-bond donors (Lipinski definition) is 1. The monoisotopic (exact) mass is 251 g/mol. The maximum Gasteiger partial charge on any atom is 0.308 e. The third-order valence-electron chi connectivity index (χ3n) is 1.71. The van der Waals surface area contributed by atoms with Crippen molar-refractivity contribution in [1.82, 2.24) is 0 Å². The van der Waals surface area contributed by atoms with Crippen LogP contribution < -0.4 is 10.5 Å². The summed E-state index contributed by atoms with van der Waals surface area (Å²) in [7, 11) is 0. The van der Waals surface area contributed by atoms with Crippen molar-refractivity contribution in [3.05, 3.63) is 29.8 Å². The molecule has 0 fully saturated rings. The minimum Gasteiger partial charge on any atom is -0.427 e. The van der Waals surface area contributed by atoms with Crippen LogP contribution in [0.1, 0.15) is 12.5 Å². The lowest BCUT2D eigenvalue weighted by atomic mass is 10.2. The van der Waals surface area contributed by atoms with Gasteiger partial charge >= 0.3 is 5.97 Å². The van der Waals surface area contributed by atoms with Gasteiger partial charge in [-0.15, -0.1) is 5.10 Å². The smallest absolute Gasteiger partial charge is 0.308 e. The molecule has 1 aromatic carbocycles. The first-order valence-electron chi connectivity index (χ1n) is 4.81. The second-order valence-electron chi connectivity index (χ2n) is 3.05. The molecule has 0 aliphatic rings. The summed E-state index contributed by atoms with van der Waals surface area (Å²) in [5.41, 5.74) is 6.30. The zero-order valence-corrected chi connectivity index (χ0v) is 10.4. The topological polar surface area (TPSA) is 77.0 Å². The van der Waals surface area contributed by atoms with Crippen LogP contribution in [0, 0.1) is 0 Å². The number of nitrogens with two attached hydrogens (primary N) is 1. The number of amidine groups is 1. The fourth-order valence-electron chi connectivity index (χ4n) is 0.981. The number of benzene rings is 1. The summed E-state index contributed by atoms with van der Waals surface area (Å²) in [4.78, 5) is 10.7. The van der Waals surface area contributed by atoms with Crippen molar-refractivity contribution in [2.45, 2.75) is 6.92 Å². The van der Waals surface area contributed by atoms with Gasteiger partial charge in [0.05, 0.1) is 6.21 Å². The van der Waals surface area contributed by atoms with Gasteiger partial charge in [-0.2, -0.15) is 5.10 Å². The highest BCUT2D eigenvalue weighted by Gasteiger charge is 1.96. The molecule has 0 aliphatic carbocycles. The molecule has 1 rings (SSSR count). The second-order valence-corrected chi connectivity index (χ2v) is 3.88. The Kier molecular flexibility index (Phi) is 5.22. The minimum atomic E-state index is -0.344. The fourth-order valence-corrected chi connectivity index (χ4v) is 1.11. The third kappa shape index (κ3) is 5.17. The van der Waals surface area contributed by atoms with Gasteiger partial charge in [0, 0.05) is 6.92 Å². The van der Waals surface area contributed by atoms with Crippen LogP contribution in [0.25, 0.3) is 0 Å². The Balaban J connectivity index is 2.65. The predicted molar refractivity (Wildman–Crippen MR) is 70.5 cm³/mol. The number of carbonyl (C=O) groups excluding carboxylic acids is 1. The molecular formula is C11H13N3O2S. The molecule has 0 amide bonds. The summed E-state index contributed by atoms with van der Waals surface area (Å²) in [6.45, 7) is 1.36. The van der Waals surface area contributed by atoms with E-state index in [4.69, 9.17) is 10.5 Å². The SMILES string of the molecule is CS/C(N)=N/N=C\c1ccc(OC(C)=O)cc1. The zero-order chi connectivity index (χ0) is 12.7. The number of thioether (sulfide) groups is 1. The van der Waals surface area contributed by atoms with Crippen LogP contribution in [0.4, 0.5) is 0 Å². The standard InChI is InChI=1S/C11H13N3O2S/c1-8(15)16-10-5-3-9(4-6-10)7-13-14-11(12)17-2/h3-7H,1-2H3,(H2,12,14)/b13-7-. The fraction of sp³-hybridized carbons (Fsp3) is 0.182. The largest absolute Gasteiger partial charge is 0.427 e. The van der Waals surface area contributed by atoms with E-state index >= 15 is 0 Å². The zero-order valence-electron chi connectivity index (χ0n) is 9.58. The van der Waals surface area contributed by atoms with Crippen LogP contribution in [0.5, 0.6) is 5.75 Å². The van der Waals surface area contributed by atoms with E-state index < -0.39 is 0 Å². The molecule has 17 heavy (non-hydrogen) atoms. The van der Waals surface area contributed by atoms with Crippen molar-refractivity contribution >= 4 is 29.1 Å². The summed E-state index contributed by atoms with van der Waals surface area (Å²) < 4.78 is 4.89. The molecular weight excluding hydrogens is 238 g/mol. The van der Waals surface area contributed by atoms with Gasteiger partial charge in [0.2, 0.25) is 0 Å². The predicted octanol–water partition coefficient (Wildman–Crippen LogP) is 1.62. The molecule has 0 saturated carbocycles. The quantitative estimate of drug-likeness (QED) is 0.291. The molecule has 0 bridgehead atoms. The van der Waals surface area contributed by atoms with Gasteiger partial charge in [0.25, 0.3) is 0 Å². The van der Waals surface area contributed by atoms with Crippen molar-refractivity contribution in [3.8, 4) is 5.75 Å². The van der Waals surface area contributed by atoms with Crippen LogP contribution in [-0.2, 0) is 4.79 Å². The first-order valence-corrected chi connectivity index (χ1v) is 6.03. The second kappa shape index (κ2) is 6.70. The number of esters is 1. The summed E-state index contributed by atoms with van der Waals surface area (Å²) in [6.07, 6.45) is 3.39. The Morgan fingerprint density at radius 3 is 2.59 bits per heavy atom. The van der Waals surface area contributed by atoms with Gasteiger partial charge in [-0.3, -0.25) is 4.79 Å². The minimum absolute atomic E-state index is 0.344. The number of hydrogen-bond acceptors (Lipinski definition) is 5. The molecule has 0 atom stereocenters. The maximum atomic E-state index is 10.7. The Morgan fingerprint density at radius 1 is 1.41 bits per heavy atom. The molecule has 0 unspecified atom stereocenters. The first kappa shape index (κ1) is 13.2. The van der Waals surface area contributed by atoms with E-state index in [0.29, 0.717) is 10.9 Å². The maximum absolute atomic E-state index is 10.7. The molecule has 0 spiro atoms. The highest BCUT2D eigenvalue weighted by molar-refractivity contribution is 8.13. The van der Waals surface area contributed by atoms with Gasteiger partial charge in [0.1, 0.15) is 5.75 Å². The highest BCUT2D eigenvalue weighted by Crippen LogP contribution is 2.11. The normalized spacial score (nSPS) is 11.8. The van der Waals surface area contributed by atoms with E-state index in [9.17, 15) is 4.79 Å². The number of carbonyl (C=O) groups is 1. The van der Waals surface area contributed by atoms with Crippen LogP contribution in [0.2, 0.25) is 0 Å². The molecule has 0 radical (unpaired) electrons. The van der Waals surface area contributed by atoms with Crippen LogP contribution >= 0.6 is 11.8 Å². The summed E-state index contributed by atoms with van der Waals surface area (Å²) in [5.74, 6) is 0.158. The average molecular weight is 251 g/mol. The molecule has 0 aromatic heterocycles. The van der Waals surface area contributed by atoms with Gasteiger partial charge in [-0.05, 0) is 36.1 Å². The van der Waals surface area contributed by atoms with E-state index in [1.807, 2.05) is 6.26 Å². The van der Waals surface area contributed by atoms with Crippen LogP contribution in [-0.4, -0.2) is 23.6 Å². The average Bonchev–Trinajstić information content (AvgIpc) is 2.30. The highest BCUT2D eigenvalue weighted by atomic mass is 32.2. The van der Waals surface area contributed by atoms with Crippen molar-refractivity contribution in [1.29, 1.82) is 0 Å². The summed E-state index contributed by atoms with van der Waals surface area (Å²) >= 11 is 1.33. The lowest BCUT2D eigenvalue weighted by Crippen LogP contribution is -2.04. The summed E-state index contributed by atoms with van der Waals surface area (Å²) in [5, 5.41) is 7.96. The van der Waals surface area contributed by atoms with E-state index in [-0.39, 0.29) is 5.97 Å². The molecule has 0 heterocycles. The molecule has 0 aliphatic heterocycles. The van der Waals surface area contributed by atoms with Gasteiger partial charge in [-0.25, -0.2) is 0 Å². The van der Waals surface area contributed by atoms with E-state index in [1.54, 1.807) is 30.5 Å². The van der Waals surface area contributed by atoms with E-state index in [1.165, 1.54) is 18.7 Å². The first-order chi connectivity index (χ1) is 8.11. The Morgan fingerprint density at radius 2 is 2.06 bits per heavy atom. The number of rotatable bonds is 3. The lowest BCUT2D eigenvalue weighted by Gasteiger charge is -2.00. The van der Waals surface area contributed by atoms with Crippen molar-refractivity contribution in [3.63, 3.8) is 0 Å². The van der Waals surface area contributed by atoms with Gasteiger partial charge < -0.3 is 10.5 Å². The third-order valence-corrected chi connectivity index (χ3v) is 2.21. The van der Waals surface area contributed by atoms with Gasteiger partial charge in [-0.1, -0.05) is 11.8 Å². The van der Waals surface area contributed by atoms with Crippen molar-refractivity contribution in [2.24, 2.45) is 15.9 Å². The Labute approximate surface area is 104 Å². The molecule has 0 saturated heterocycles. The van der Waals surface area contributed by atoms with Crippen LogP contribution in [0.3, 0.4) is 0 Å². The molecule has 90 valence electrons.